The first-order valence-electron chi connectivity index (χ1n) is 11.8. The van der Waals surface area contributed by atoms with Gasteiger partial charge in [-0.3, -0.25) is 4.48 Å². The molecule has 0 radical (unpaired) electrons. The highest BCUT2D eigenvalue weighted by atomic mass is 16.3. The second-order valence-corrected chi connectivity index (χ2v) is 8.40. The van der Waals surface area contributed by atoms with Gasteiger partial charge in [0.1, 0.15) is 6.20 Å². The Bertz CT molecular complexity index is 394. The molecule has 3 unspecified atom stereocenters. The summed E-state index contributed by atoms with van der Waals surface area (Å²) in [5.74, 6) is 0. The van der Waals surface area contributed by atoms with Crippen molar-refractivity contribution in [2.75, 3.05) is 6.54 Å². The van der Waals surface area contributed by atoms with Crippen LogP contribution in [0.3, 0.4) is 0 Å². The molecule has 1 heterocycles. The molecule has 0 amide bonds. The van der Waals surface area contributed by atoms with Gasteiger partial charge < -0.3 is 10.4 Å². The van der Waals surface area contributed by atoms with Crippen molar-refractivity contribution < 1.29 is 9.59 Å². The Kier molecular flexibility index (Phi) is 13.6. The second kappa shape index (κ2) is 15.2. The summed E-state index contributed by atoms with van der Waals surface area (Å²) < 4.78 is 0.675. The van der Waals surface area contributed by atoms with Crippen LogP contribution in [0.4, 0.5) is 0 Å². The lowest BCUT2D eigenvalue weighted by atomic mass is 10.0. The number of quaternary nitrogens is 1. The molecule has 1 rings (SSSR count). The zero-order valence-corrected chi connectivity index (χ0v) is 18.3. The van der Waals surface area contributed by atoms with Crippen molar-refractivity contribution >= 4 is 0 Å². The first-order valence-corrected chi connectivity index (χ1v) is 11.8. The smallest absolute Gasteiger partial charge is 0.193 e. The minimum absolute atomic E-state index is 0.335. The third kappa shape index (κ3) is 9.30. The topological polar surface area (TPSA) is 32.3 Å². The summed E-state index contributed by atoms with van der Waals surface area (Å²) in [5.41, 5.74) is 0. The third-order valence-electron chi connectivity index (χ3n) is 6.35. The number of nitrogens with one attached hydrogen (secondary N) is 1. The van der Waals surface area contributed by atoms with Gasteiger partial charge >= 0.3 is 0 Å². The van der Waals surface area contributed by atoms with Gasteiger partial charge in [-0.25, -0.2) is 0 Å². The van der Waals surface area contributed by atoms with Crippen LogP contribution in [0.15, 0.2) is 25.1 Å². The molecule has 0 bridgehead atoms. The quantitative estimate of drug-likeness (QED) is 0.160. The van der Waals surface area contributed by atoms with E-state index in [0.29, 0.717) is 10.6 Å². The van der Waals surface area contributed by atoms with E-state index in [-0.39, 0.29) is 6.23 Å². The van der Waals surface area contributed by atoms with Gasteiger partial charge in [0.2, 0.25) is 0 Å². The highest BCUT2D eigenvalue weighted by molar-refractivity contribution is 4.84. The lowest BCUT2D eigenvalue weighted by molar-refractivity contribution is -0.942. The molecule has 0 aliphatic carbocycles. The zero-order chi connectivity index (χ0) is 19.8. The summed E-state index contributed by atoms with van der Waals surface area (Å²) in [6, 6.07) is 0. The summed E-state index contributed by atoms with van der Waals surface area (Å²) in [6.07, 6.45) is 26.6. The van der Waals surface area contributed by atoms with Gasteiger partial charge in [0.05, 0.1) is 12.7 Å². The normalized spacial score (nSPS) is 22.7. The molecular weight excluding hydrogens is 332 g/mol. The SMILES string of the molecule is C=CCCCCCCCCCCCCCCCC1NC=C[N+]1(CC)C(C)O. The second-order valence-electron chi connectivity index (χ2n) is 8.40. The predicted molar refractivity (Wildman–Crippen MR) is 118 cm³/mol. The molecule has 1 aliphatic heterocycles. The van der Waals surface area contributed by atoms with Crippen molar-refractivity contribution in [3.8, 4) is 0 Å². The Hall–Kier alpha value is -0.800. The van der Waals surface area contributed by atoms with Crippen LogP contribution in [-0.2, 0) is 0 Å². The van der Waals surface area contributed by atoms with E-state index >= 15 is 0 Å². The van der Waals surface area contributed by atoms with Crippen molar-refractivity contribution in [1.82, 2.24) is 5.32 Å². The highest BCUT2D eigenvalue weighted by Crippen LogP contribution is 2.25. The summed E-state index contributed by atoms with van der Waals surface area (Å²) in [5, 5.41) is 13.6. The molecule has 0 spiro atoms. The molecule has 0 aromatic heterocycles. The monoisotopic (exact) mass is 379 g/mol. The van der Waals surface area contributed by atoms with Crippen LogP contribution in [-0.4, -0.2) is 28.5 Å². The van der Waals surface area contributed by atoms with Crippen molar-refractivity contribution in [2.45, 2.75) is 123 Å². The Balaban J connectivity index is 1.89. The van der Waals surface area contributed by atoms with Crippen LogP contribution in [0.2, 0.25) is 0 Å². The fourth-order valence-electron chi connectivity index (χ4n) is 4.41. The molecule has 0 aromatic rings. The number of aliphatic hydroxyl groups is 1. The number of unbranched alkanes of at least 4 members (excludes halogenated alkanes) is 13. The van der Waals surface area contributed by atoms with Gasteiger partial charge in [-0.1, -0.05) is 76.7 Å². The van der Waals surface area contributed by atoms with Gasteiger partial charge in [0.25, 0.3) is 0 Å². The highest BCUT2D eigenvalue weighted by Gasteiger charge is 2.40. The molecule has 27 heavy (non-hydrogen) atoms. The van der Waals surface area contributed by atoms with Crippen LogP contribution in [0, 0.1) is 0 Å². The maximum atomic E-state index is 10.2. The average Bonchev–Trinajstić information content (AvgIpc) is 3.09. The van der Waals surface area contributed by atoms with Crippen LogP contribution < -0.4 is 5.32 Å². The van der Waals surface area contributed by atoms with Crippen molar-refractivity contribution in [3.63, 3.8) is 0 Å². The first-order chi connectivity index (χ1) is 13.2. The summed E-state index contributed by atoms with van der Waals surface area (Å²) >= 11 is 0. The summed E-state index contributed by atoms with van der Waals surface area (Å²) in [4.78, 5) is 0. The zero-order valence-electron chi connectivity index (χ0n) is 18.3. The van der Waals surface area contributed by atoms with Crippen LogP contribution in [0.5, 0.6) is 0 Å². The summed E-state index contributed by atoms with van der Waals surface area (Å²) in [7, 11) is 0. The maximum absolute atomic E-state index is 10.2. The van der Waals surface area contributed by atoms with E-state index in [9.17, 15) is 5.11 Å². The Morgan fingerprint density at radius 2 is 1.41 bits per heavy atom. The van der Waals surface area contributed by atoms with Gasteiger partial charge in [-0.05, 0) is 26.2 Å². The third-order valence-corrected chi connectivity index (χ3v) is 6.35. The minimum atomic E-state index is -0.335. The van der Waals surface area contributed by atoms with E-state index < -0.39 is 0 Å². The molecule has 0 aromatic carbocycles. The van der Waals surface area contributed by atoms with Gasteiger partial charge in [-0.2, -0.15) is 0 Å². The van der Waals surface area contributed by atoms with E-state index in [1.165, 1.54) is 89.9 Å². The fraction of sp³-hybridized carbons (Fsp3) is 0.833. The molecule has 1 aliphatic rings. The Morgan fingerprint density at radius 1 is 0.926 bits per heavy atom. The summed E-state index contributed by atoms with van der Waals surface area (Å²) in [6.45, 7) is 8.80. The largest absolute Gasteiger partial charge is 0.345 e. The lowest BCUT2D eigenvalue weighted by Crippen LogP contribution is -2.57. The number of nitrogens with zero attached hydrogens (tertiary/aromatic N) is 1. The molecule has 2 N–H and O–H groups in total. The number of aliphatic hydroxyl groups excluding tert-OH is 1. The Morgan fingerprint density at radius 3 is 1.85 bits per heavy atom. The predicted octanol–water partition coefficient (Wildman–Crippen LogP) is 6.60. The van der Waals surface area contributed by atoms with E-state index in [4.69, 9.17) is 0 Å². The van der Waals surface area contributed by atoms with E-state index in [1.54, 1.807) is 0 Å². The van der Waals surface area contributed by atoms with Gasteiger partial charge in [0.15, 0.2) is 12.4 Å². The van der Waals surface area contributed by atoms with Crippen LogP contribution in [0.1, 0.15) is 110 Å². The molecule has 0 saturated heterocycles. The maximum Gasteiger partial charge on any atom is 0.193 e. The number of allylic oxidation sites excluding steroid dienone is 1. The van der Waals surface area contributed by atoms with Crippen molar-refractivity contribution in [1.29, 1.82) is 0 Å². The van der Waals surface area contributed by atoms with Crippen LogP contribution in [0.25, 0.3) is 0 Å². The lowest BCUT2D eigenvalue weighted by Gasteiger charge is -2.39. The average molecular weight is 380 g/mol. The molecule has 158 valence electrons. The molecular formula is C24H47N2O+. The van der Waals surface area contributed by atoms with Crippen molar-refractivity contribution in [2.24, 2.45) is 0 Å². The number of hydrogen-bond acceptors (Lipinski definition) is 2. The van der Waals surface area contributed by atoms with Crippen molar-refractivity contribution in [3.05, 3.63) is 25.1 Å². The minimum Gasteiger partial charge on any atom is -0.345 e. The molecule has 3 atom stereocenters. The molecule has 0 saturated carbocycles. The van der Waals surface area contributed by atoms with E-state index in [1.807, 2.05) is 19.2 Å². The number of hydrogen-bond donors (Lipinski definition) is 2. The van der Waals surface area contributed by atoms with E-state index in [2.05, 4.69) is 25.0 Å². The first kappa shape index (κ1) is 24.2. The molecule has 3 heteroatoms. The number of rotatable bonds is 18. The van der Waals surface area contributed by atoms with Gasteiger partial charge in [0, 0.05) is 13.3 Å². The fourth-order valence-corrected chi connectivity index (χ4v) is 4.41. The van der Waals surface area contributed by atoms with E-state index in [0.717, 1.165) is 13.0 Å². The van der Waals surface area contributed by atoms with Crippen LogP contribution >= 0.6 is 0 Å². The molecule has 0 fully saturated rings. The standard InChI is InChI=1S/C24H47N2O/c1-4-6-7-8-9-10-11-12-13-14-15-16-17-18-19-20-24-25-21-22-26(24,5-2)23(3)27/h4,21-25,27H,1,5-20H2,2-3H3/q+1. The van der Waals surface area contributed by atoms with Gasteiger partial charge in [-0.15, -0.1) is 6.58 Å². The Labute approximate surface area is 169 Å². The molecule has 3 nitrogen and oxygen atoms in total.